The van der Waals surface area contributed by atoms with E-state index in [9.17, 15) is 9.90 Å². The van der Waals surface area contributed by atoms with Gasteiger partial charge in [0.25, 0.3) is 5.91 Å². The third-order valence-electron chi connectivity index (χ3n) is 3.70. The second-order valence-corrected chi connectivity index (χ2v) is 5.51. The molecule has 2 rings (SSSR count). The number of amides is 1. The number of morpholine rings is 1. The maximum absolute atomic E-state index is 12.3. The lowest BCUT2D eigenvalue weighted by molar-refractivity contribution is -0.143. The molecular weight excluding hydrogens is 270 g/mol. The van der Waals surface area contributed by atoms with Gasteiger partial charge in [-0.1, -0.05) is 17.7 Å². The Bertz CT molecular complexity index is 492. The zero-order valence-electron chi connectivity index (χ0n) is 12.9. The molecule has 1 N–H and O–H groups in total. The van der Waals surface area contributed by atoms with Gasteiger partial charge in [0.2, 0.25) is 0 Å². The number of benzene rings is 1. The Morgan fingerprint density at radius 2 is 2.05 bits per heavy atom. The summed E-state index contributed by atoms with van der Waals surface area (Å²) in [5.41, 5.74) is 3.24. The standard InChI is InChI=1S/C16H23NO4/c1-11-6-12(2)16(13(3)7-11)21-10-15(19)17-4-5-20-9-14(17)8-18/h6-7,14,18H,4-5,8-10H2,1-3H3. The minimum atomic E-state index is -0.268. The van der Waals surface area contributed by atoms with Crippen molar-refractivity contribution in [3.05, 3.63) is 28.8 Å². The molecule has 1 aromatic rings. The fourth-order valence-corrected chi connectivity index (χ4v) is 2.75. The highest BCUT2D eigenvalue weighted by Gasteiger charge is 2.27. The van der Waals surface area contributed by atoms with Gasteiger partial charge in [0.15, 0.2) is 6.61 Å². The van der Waals surface area contributed by atoms with Crippen LogP contribution in [0.2, 0.25) is 0 Å². The number of ether oxygens (including phenoxy) is 2. The van der Waals surface area contributed by atoms with Crippen molar-refractivity contribution in [3.63, 3.8) is 0 Å². The van der Waals surface area contributed by atoms with E-state index >= 15 is 0 Å². The molecule has 0 bridgehead atoms. The molecule has 1 aliphatic heterocycles. The van der Waals surface area contributed by atoms with Gasteiger partial charge in [-0.15, -0.1) is 0 Å². The Hall–Kier alpha value is -1.59. The summed E-state index contributed by atoms with van der Waals surface area (Å²) >= 11 is 0. The number of carbonyl (C=O) groups excluding carboxylic acids is 1. The predicted molar refractivity (Wildman–Crippen MR) is 79.6 cm³/mol. The lowest BCUT2D eigenvalue weighted by Crippen LogP contribution is -2.51. The van der Waals surface area contributed by atoms with E-state index in [1.807, 2.05) is 32.9 Å². The van der Waals surface area contributed by atoms with E-state index in [0.29, 0.717) is 19.8 Å². The van der Waals surface area contributed by atoms with Gasteiger partial charge < -0.3 is 19.5 Å². The molecule has 1 amide bonds. The van der Waals surface area contributed by atoms with E-state index in [1.54, 1.807) is 4.90 Å². The minimum absolute atomic E-state index is 0.0127. The zero-order chi connectivity index (χ0) is 15.4. The molecule has 1 unspecified atom stereocenters. The number of aryl methyl sites for hydroxylation is 3. The van der Waals surface area contributed by atoms with E-state index in [2.05, 4.69) is 0 Å². The average Bonchev–Trinajstić information content (AvgIpc) is 2.45. The Kier molecular flexibility index (Phi) is 5.20. The Labute approximate surface area is 125 Å². The molecule has 5 heteroatoms. The van der Waals surface area contributed by atoms with Crippen molar-refractivity contribution in [1.82, 2.24) is 4.90 Å². The van der Waals surface area contributed by atoms with Crippen LogP contribution in [0.4, 0.5) is 0 Å². The monoisotopic (exact) mass is 293 g/mol. The van der Waals surface area contributed by atoms with Crippen molar-refractivity contribution >= 4 is 5.91 Å². The summed E-state index contributed by atoms with van der Waals surface area (Å²) in [6.07, 6.45) is 0. The smallest absolute Gasteiger partial charge is 0.260 e. The zero-order valence-corrected chi connectivity index (χ0v) is 12.9. The van der Waals surface area contributed by atoms with Crippen LogP contribution in [-0.4, -0.2) is 54.9 Å². The first-order valence-corrected chi connectivity index (χ1v) is 7.21. The highest BCUT2D eigenvalue weighted by atomic mass is 16.5. The SMILES string of the molecule is Cc1cc(C)c(OCC(=O)N2CCOCC2CO)c(C)c1. The topological polar surface area (TPSA) is 59.0 Å². The Balaban J connectivity index is 2.01. The van der Waals surface area contributed by atoms with Gasteiger partial charge in [-0.25, -0.2) is 0 Å². The van der Waals surface area contributed by atoms with E-state index in [0.717, 1.165) is 16.9 Å². The number of aliphatic hydroxyl groups excluding tert-OH is 1. The van der Waals surface area contributed by atoms with Crippen molar-refractivity contribution in [2.24, 2.45) is 0 Å². The largest absolute Gasteiger partial charge is 0.483 e. The molecule has 5 nitrogen and oxygen atoms in total. The second kappa shape index (κ2) is 6.91. The molecule has 21 heavy (non-hydrogen) atoms. The van der Waals surface area contributed by atoms with Crippen LogP contribution in [0.1, 0.15) is 16.7 Å². The van der Waals surface area contributed by atoms with E-state index in [4.69, 9.17) is 9.47 Å². The molecule has 1 aromatic carbocycles. The van der Waals surface area contributed by atoms with Crippen molar-refractivity contribution in [3.8, 4) is 5.75 Å². The van der Waals surface area contributed by atoms with Crippen LogP contribution in [0.5, 0.6) is 5.75 Å². The molecular formula is C16H23NO4. The van der Waals surface area contributed by atoms with E-state index < -0.39 is 0 Å². The molecule has 1 aliphatic rings. The highest BCUT2D eigenvalue weighted by Crippen LogP contribution is 2.24. The molecule has 1 atom stereocenters. The van der Waals surface area contributed by atoms with Gasteiger partial charge in [0.1, 0.15) is 5.75 Å². The van der Waals surface area contributed by atoms with Crippen LogP contribution >= 0.6 is 0 Å². The molecule has 0 aromatic heterocycles. The van der Waals surface area contributed by atoms with E-state index in [-0.39, 0.29) is 25.2 Å². The molecule has 0 saturated carbocycles. The van der Waals surface area contributed by atoms with Gasteiger partial charge in [-0.3, -0.25) is 4.79 Å². The normalized spacial score (nSPS) is 18.7. The first kappa shape index (κ1) is 15.8. The lowest BCUT2D eigenvalue weighted by Gasteiger charge is -2.34. The molecule has 1 heterocycles. The van der Waals surface area contributed by atoms with Gasteiger partial charge >= 0.3 is 0 Å². The van der Waals surface area contributed by atoms with Crippen molar-refractivity contribution in [1.29, 1.82) is 0 Å². The number of rotatable bonds is 4. The molecule has 1 fully saturated rings. The van der Waals surface area contributed by atoms with Gasteiger partial charge in [-0.2, -0.15) is 0 Å². The first-order valence-electron chi connectivity index (χ1n) is 7.21. The van der Waals surface area contributed by atoms with Crippen LogP contribution in [0, 0.1) is 20.8 Å². The predicted octanol–water partition coefficient (Wildman–Crippen LogP) is 1.21. The fraction of sp³-hybridized carbons (Fsp3) is 0.562. The number of aliphatic hydroxyl groups is 1. The van der Waals surface area contributed by atoms with Crippen molar-refractivity contribution in [2.45, 2.75) is 26.8 Å². The second-order valence-electron chi connectivity index (χ2n) is 5.51. The average molecular weight is 293 g/mol. The molecule has 0 radical (unpaired) electrons. The van der Waals surface area contributed by atoms with Crippen molar-refractivity contribution < 1.29 is 19.4 Å². The third kappa shape index (κ3) is 3.74. The molecule has 1 saturated heterocycles. The molecule has 0 spiro atoms. The molecule has 116 valence electrons. The van der Waals surface area contributed by atoms with Crippen LogP contribution in [0.3, 0.4) is 0 Å². The number of nitrogens with zero attached hydrogens (tertiary/aromatic N) is 1. The fourth-order valence-electron chi connectivity index (χ4n) is 2.75. The summed E-state index contributed by atoms with van der Waals surface area (Å²) in [6, 6.07) is 3.81. The quantitative estimate of drug-likeness (QED) is 0.906. The summed E-state index contributed by atoms with van der Waals surface area (Å²) in [6.45, 7) is 7.27. The van der Waals surface area contributed by atoms with Crippen LogP contribution in [0.25, 0.3) is 0 Å². The van der Waals surface area contributed by atoms with Crippen LogP contribution in [0.15, 0.2) is 12.1 Å². The summed E-state index contributed by atoms with van der Waals surface area (Å²) in [4.78, 5) is 13.9. The van der Waals surface area contributed by atoms with Gasteiger partial charge in [0.05, 0.1) is 25.9 Å². The van der Waals surface area contributed by atoms with E-state index in [1.165, 1.54) is 5.56 Å². The summed E-state index contributed by atoms with van der Waals surface area (Å²) in [7, 11) is 0. The number of carbonyl (C=O) groups is 1. The summed E-state index contributed by atoms with van der Waals surface area (Å²) < 4.78 is 11.0. The summed E-state index contributed by atoms with van der Waals surface area (Å²) in [5, 5.41) is 9.30. The maximum Gasteiger partial charge on any atom is 0.260 e. The first-order chi connectivity index (χ1) is 10.0. The number of hydrogen-bond acceptors (Lipinski definition) is 4. The minimum Gasteiger partial charge on any atom is -0.483 e. The highest BCUT2D eigenvalue weighted by molar-refractivity contribution is 5.78. The lowest BCUT2D eigenvalue weighted by atomic mass is 10.1. The summed E-state index contributed by atoms with van der Waals surface area (Å²) in [5.74, 6) is 0.652. The molecule has 0 aliphatic carbocycles. The van der Waals surface area contributed by atoms with Crippen molar-refractivity contribution in [2.75, 3.05) is 33.0 Å². The maximum atomic E-state index is 12.3. The van der Waals surface area contributed by atoms with Crippen LogP contribution < -0.4 is 4.74 Å². The van der Waals surface area contributed by atoms with Crippen LogP contribution in [-0.2, 0) is 9.53 Å². The van der Waals surface area contributed by atoms with Gasteiger partial charge in [-0.05, 0) is 31.9 Å². The van der Waals surface area contributed by atoms with Gasteiger partial charge in [0, 0.05) is 6.54 Å². The Morgan fingerprint density at radius 1 is 1.38 bits per heavy atom. The Morgan fingerprint density at radius 3 is 2.67 bits per heavy atom. The third-order valence-corrected chi connectivity index (χ3v) is 3.70. The number of hydrogen-bond donors (Lipinski definition) is 1.